The number of phenols is 1. The quantitative estimate of drug-likeness (QED) is 0.762. The summed E-state index contributed by atoms with van der Waals surface area (Å²) in [5.74, 6) is 0.378. The predicted octanol–water partition coefficient (Wildman–Crippen LogP) is 1.25. The van der Waals surface area contributed by atoms with Crippen molar-refractivity contribution in [2.24, 2.45) is 7.05 Å². The maximum absolute atomic E-state index is 11.7. The van der Waals surface area contributed by atoms with Crippen molar-refractivity contribution in [2.45, 2.75) is 0 Å². The summed E-state index contributed by atoms with van der Waals surface area (Å²) in [5.41, 5.74) is -0.134. The van der Waals surface area contributed by atoms with Crippen LogP contribution in [-0.4, -0.2) is 16.8 Å². The van der Waals surface area contributed by atoms with Gasteiger partial charge in [0.15, 0.2) is 11.5 Å². The Hall–Kier alpha value is -1.97. The molecule has 0 bridgehead atoms. The van der Waals surface area contributed by atoms with Gasteiger partial charge in [-0.05, 0) is 18.2 Å². The molecule has 0 saturated carbocycles. The van der Waals surface area contributed by atoms with Crippen LogP contribution in [0.1, 0.15) is 0 Å². The van der Waals surface area contributed by atoms with Crippen molar-refractivity contribution in [3.05, 3.63) is 34.7 Å². The second-order valence-corrected chi connectivity index (χ2v) is 3.31. The van der Waals surface area contributed by atoms with Crippen molar-refractivity contribution in [1.29, 1.82) is 0 Å². The number of hydrogen-bond donors (Lipinski definition) is 1. The van der Waals surface area contributed by atoms with Crippen molar-refractivity contribution < 1.29 is 9.84 Å². The summed E-state index contributed by atoms with van der Waals surface area (Å²) >= 11 is 0. The first-order chi connectivity index (χ1) is 7.15. The van der Waals surface area contributed by atoms with Gasteiger partial charge < -0.3 is 14.4 Å². The average molecular weight is 205 g/mol. The summed E-state index contributed by atoms with van der Waals surface area (Å²) in [6.07, 6.45) is 1.61. The van der Waals surface area contributed by atoms with Crippen LogP contribution in [0.15, 0.2) is 29.2 Å². The standard InChI is InChI=1S/C11H11NO3/c1-12-6-5-7-8(11(12)14)3-4-9(15-2)10(7)13/h3-6,13H,1-2H3. The van der Waals surface area contributed by atoms with E-state index in [2.05, 4.69) is 0 Å². The predicted molar refractivity (Wildman–Crippen MR) is 57.4 cm³/mol. The molecule has 4 heteroatoms. The van der Waals surface area contributed by atoms with Crippen molar-refractivity contribution in [1.82, 2.24) is 4.57 Å². The number of hydrogen-bond acceptors (Lipinski definition) is 3. The Labute approximate surface area is 86.3 Å². The molecule has 0 atom stereocenters. The molecule has 0 spiro atoms. The van der Waals surface area contributed by atoms with Gasteiger partial charge in [-0.25, -0.2) is 0 Å². The Balaban J connectivity index is 2.91. The van der Waals surface area contributed by atoms with Crippen LogP contribution in [0.2, 0.25) is 0 Å². The van der Waals surface area contributed by atoms with E-state index in [0.29, 0.717) is 16.5 Å². The molecule has 78 valence electrons. The van der Waals surface area contributed by atoms with E-state index in [4.69, 9.17) is 4.74 Å². The van der Waals surface area contributed by atoms with Gasteiger partial charge in [-0.1, -0.05) is 0 Å². The van der Waals surface area contributed by atoms with Crippen LogP contribution in [0.5, 0.6) is 11.5 Å². The number of benzene rings is 1. The Morgan fingerprint density at radius 1 is 1.27 bits per heavy atom. The molecule has 0 saturated heterocycles. The summed E-state index contributed by atoms with van der Waals surface area (Å²) in [5, 5.41) is 10.8. The van der Waals surface area contributed by atoms with E-state index in [1.165, 1.54) is 11.7 Å². The van der Waals surface area contributed by atoms with Crippen LogP contribution in [0, 0.1) is 0 Å². The van der Waals surface area contributed by atoms with Gasteiger partial charge in [0.2, 0.25) is 0 Å². The van der Waals surface area contributed by atoms with E-state index >= 15 is 0 Å². The van der Waals surface area contributed by atoms with E-state index in [-0.39, 0.29) is 11.3 Å². The molecule has 1 heterocycles. The monoisotopic (exact) mass is 205 g/mol. The van der Waals surface area contributed by atoms with Gasteiger partial charge in [-0.3, -0.25) is 4.79 Å². The largest absolute Gasteiger partial charge is 0.504 e. The number of methoxy groups -OCH3 is 1. The zero-order valence-electron chi connectivity index (χ0n) is 8.52. The maximum Gasteiger partial charge on any atom is 0.258 e. The first kappa shape index (κ1) is 9.58. The molecule has 1 aromatic carbocycles. The summed E-state index contributed by atoms with van der Waals surface area (Å²) in [7, 11) is 3.14. The van der Waals surface area contributed by atoms with Gasteiger partial charge in [0.1, 0.15) is 0 Å². The molecule has 0 aliphatic rings. The number of aromatic nitrogens is 1. The minimum Gasteiger partial charge on any atom is -0.504 e. The van der Waals surface area contributed by atoms with Gasteiger partial charge in [0.05, 0.1) is 12.5 Å². The average Bonchev–Trinajstić information content (AvgIpc) is 2.24. The van der Waals surface area contributed by atoms with E-state index < -0.39 is 0 Å². The molecule has 1 N–H and O–H groups in total. The molecule has 0 unspecified atom stereocenters. The van der Waals surface area contributed by atoms with Crippen LogP contribution in [0.25, 0.3) is 10.8 Å². The minimum atomic E-state index is -0.134. The van der Waals surface area contributed by atoms with Crippen LogP contribution < -0.4 is 10.3 Å². The number of phenolic OH excluding ortho intramolecular Hbond substituents is 1. The Bertz CT molecular complexity index is 572. The van der Waals surface area contributed by atoms with E-state index in [9.17, 15) is 9.90 Å². The fraction of sp³-hybridized carbons (Fsp3) is 0.182. The number of nitrogens with zero attached hydrogens (tertiary/aromatic N) is 1. The van der Waals surface area contributed by atoms with Crippen LogP contribution in [-0.2, 0) is 7.05 Å². The van der Waals surface area contributed by atoms with Crippen molar-refractivity contribution in [2.75, 3.05) is 7.11 Å². The lowest BCUT2D eigenvalue weighted by molar-refractivity contribution is 0.376. The second kappa shape index (κ2) is 3.31. The molecule has 0 fully saturated rings. The summed E-state index contributed by atoms with van der Waals surface area (Å²) < 4.78 is 6.43. The van der Waals surface area contributed by atoms with Crippen LogP contribution in [0.3, 0.4) is 0 Å². The zero-order chi connectivity index (χ0) is 11.0. The molecule has 1 aromatic heterocycles. The number of aryl methyl sites for hydroxylation is 1. The lowest BCUT2D eigenvalue weighted by atomic mass is 10.1. The molecule has 2 rings (SSSR count). The molecule has 0 aliphatic carbocycles. The van der Waals surface area contributed by atoms with Gasteiger partial charge in [0, 0.05) is 18.6 Å². The number of aromatic hydroxyl groups is 1. The molecular weight excluding hydrogens is 194 g/mol. The molecule has 0 radical (unpaired) electrons. The SMILES string of the molecule is COc1ccc2c(=O)n(C)ccc2c1O. The third-order valence-corrected chi connectivity index (χ3v) is 2.42. The lowest BCUT2D eigenvalue weighted by Gasteiger charge is -2.07. The Morgan fingerprint density at radius 3 is 2.67 bits per heavy atom. The molecule has 2 aromatic rings. The molecule has 15 heavy (non-hydrogen) atoms. The highest BCUT2D eigenvalue weighted by Crippen LogP contribution is 2.32. The zero-order valence-corrected chi connectivity index (χ0v) is 8.52. The van der Waals surface area contributed by atoms with Gasteiger partial charge in [0.25, 0.3) is 5.56 Å². The van der Waals surface area contributed by atoms with E-state index in [1.54, 1.807) is 31.4 Å². The van der Waals surface area contributed by atoms with Crippen molar-refractivity contribution in [3.8, 4) is 11.5 Å². The topological polar surface area (TPSA) is 51.5 Å². The van der Waals surface area contributed by atoms with E-state index in [1.807, 2.05) is 0 Å². The fourth-order valence-electron chi connectivity index (χ4n) is 1.55. The lowest BCUT2D eigenvalue weighted by Crippen LogP contribution is -2.15. The first-order valence-corrected chi connectivity index (χ1v) is 4.50. The van der Waals surface area contributed by atoms with Crippen LogP contribution >= 0.6 is 0 Å². The van der Waals surface area contributed by atoms with Crippen LogP contribution in [0.4, 0.5) is 0 Å². The summed E-state index contributed by atoms with van der Waals surface area (Å²) in [4.78, 5) is 11.7. The number of ether oxygens (including phenoxy) is 1. The van der Waals surface area contributed by atoms with Crippen molar-refractivity contribution in [3.63, 3.8) is 0 Å². The third-order valence-electron chi connectivity index (χ3n) is 2.42. The highest BCUT2D eigenvalue weighted by Gasteiger charge is 2.08. The number of fused-ring (bicyclic) bond motifs is 1. The molecule has 0 aliphatic heterocycles. The molecular formula is C11H11NO3. The van der Waals surface area contributed by atoms with Gasteiger partial charge in [-0.15, -0.1) is 0 Å². The first-order valence-electron chi connectivity index (χ1n) is 4.50. The second-order valence-electron chi connectivity index (χ2n) is 3.31. The Morgan fingerprint density at radius 2 is 2.00 bits per heavy atom. The highest BCUT2D eigenvalue weighted by atomic mass is 16.5. The normalized spacial score (nSPS) is 10.5. The van der Waals surface area contributed by atoms with Gasteiger partial charge in [-0.2, -0.15) is 0 Å². The fourth-order valence-corrected chi connectivity index (χ4v) is 1.55. The summed E-state index contributed by atoms with van der Waals surface area (Å²) in [6, 6.07) is 4.92. The third kappa shape index (κ3) is 1.34. The van der Waals surface area contributed by atoms with E-state index in [0.717, 1.165) is 0 Å². The maximum atomic E-state index is 11.7. The molecule has 4 nitrogen and oxygen atoms in total. The minimum absolute atomic E-state index is 0.00713. The van der Waals surface area contributed by atoms with Gasteiger partial charge >= 0.3 is 0 Å². The Kier molecular flexibility index (Phi) is 2.11. The van der Waals surface area contributed by atoms with Crippen molar-refractivity contribution >= 4 is 10.8 Å². The smallest absolute Gasteiger partial charge is 0.258 e. The molecule has 0 amide bonds. The summed E-state index contributed by atoms with van der Waals surface area (Å²) in [6.45, 7) is 0. The number of pyridine rings is 1. The number of rotatable bonds is 1. The highest BCUT2D eigenvalue weighted by molar-refractivity contribution is 5.89.